The molecule has 0 aliphatic carbocycles. The van der Waals surface area contributed by atoms with Gasteiger partial charge in [0.1, 0.15) is 11.3 Å². The summed E-state index contributed by atoms with van der Waals surface area (Å²) in [5.41, 5.74) is 7.23. The summed E-state index contributed by atoms with van der Waals surface area (Å²) < 4.78 is 5.54. The molecule has 0 radical (unpaired) electrons. The normalized spacial score (nSPS) is 20.1. The number of nitrogen functional groups attached to an aromatic ring is 1. The van der Waals surface area contributed by atoms with Crippen molar-refractivity contribution in [1.29, 1.82) is 0 Å². The van der Waals surface area contributed by atoms with Gasteiger partial charge >= 0.3 is 5.97 Å². The van der Waals surface area contributed by atoms with Gasteiger partial charge in [-0.15, -0.1) is 0 Å². The molecule has 2 atom stereocenters. The first-order chi connectivity index (χ1) is 11.9. The summed E-state index contributed by atoms with van der Waals surface area (Å²) in [6, 6.07) is 1.60. The van der Waals surface area contributed by atoms with E-state index in [1.54, 1.807) is 0 Å². The number of carboxylic acid groups (broad SMARTS) is 1. The number of rotatable bonds is 7. The van der Waals surface area contributed by atoms with Gasteiger partial charge in [0.15, 0.2) is 0 Å². The first kappa shape index (κ1) is 19.9. The van der Waals surface area contributed by atoms with Crippen molar-refractivity contribution in [3.05, 3.63) is 22.2 Å². The maximum atomic E-state index is 11.7. The zero-order chi connectivity index (χ0) is 18.6. The van der Waals surface area contributed by atoms with Crippen LogP contribution in [0.15, 0.2) is 6.07 Å². The molecule has 0 aromatic heterocycles. The van der Waals surface area contributed by atoms with Gasteiger partial charge < -0.3 is 20.9 Å². The van der Waals surface area contributed by atoms with Crippen molar-refractivity contribution in [2.24, 2.45) is 0 Å². The summed E-state index contributed by atoms with van der Waals surface area (Å²) in [6.45, 7) is 5.26. The van der Waals surface area contributed by atoms with E-state index in [9.17, 15) is 9.90 Å². The Bertz CT molecular complexity index is 630. The predicted molar refractivity (Wildman–Crippen MR) is 102 cm³/mol. The molecule has 1 aliphatic heterocycles. The van der Waals surface area contributed by atoms with E-state index in [1.807, 2.05) is 0 Å². The summed E-state index contributed by atoms with van der Waals surface area (Å²) in [4.78, 5) is 11.7. The average Bonchev–Trinajstić information content (AvgIpc) is 2.61. The number of nitrogens with one attached hydrogen (secondary N) is 1. The van der Waals surface area contributed by atoms with Crippen molar-refractivity contribution < 1.29 is 14.6 Å². The highest BCUT2D eigenvalue weighted by atomic mass is 35.5. The molecular weight excluding hydrogens is 340 g/mol. The molecule has 25 heavy (non-hydrogen) atoms. The van der Waals surface area contributed by atoms with Crippen LogP contribution >= 0.6 is 11.6 Å². The van der Waals surface area contributed by atoms with Crippen molar-refractivity contribution in [1.82, 2.24) is 5.32 Å². The van der Waals surface area contributed by atoms with E-state index in [-0.39, 0.29) is 22.0 Å². The highest BCUT2D eigenvalue weighted by molar-refractivity contribution is 6.33. The van der Waals surface area contributed by atoms with E-state index in [4.69, 9.17) is 22.1 Å². The maximum absolute atomic E-state index is 11.7. The van der Waals surface area contributed by atoms with Crippen molar-refractivity contribution in [2.75, 3.05) is 19.4 Å². The second kappa shape index (κ2) is 8.28. The van der Waals surface area contributed by atoms with E-state index in [0.717, 1.165) is 50.6 Å². The number of hydrogen-bond acceptors (Lipinski definition) is 4. The number of carboxylic acids is 1. The lowest BCUT2D eigenvalue weighted by Crippen LogP contribution is -2.49. The summed E-state index contributed by atoms with van der Waals surface area (Å²) in [5, 5.41) is 13.5. The second-order valence-corrected chi connectivity index (χ2v) is 7.46. The third kappa shape index (κ3) is 3.87. The third-order valence-electron chi connectivity index (χ3n) is 5.40. The van der Waals surface area contributed by atoms with Gasteiger partial charge in [-0.2, -0.15) is 0 Å². The van der Waals surface area contributed by atoms with Gasteiger partial charge in [-0.1, -0.05) is 44.7 Å². The lowest BCUT2D eigenvalue weighted by molar-refractivity contribution is 0.0692. The van der Waals surface area contributed by atoms with E-state index < -0.39 is 5.97 Å². The highest BCUT2D eigenvalue weighted by Crippen LogP contribution is 2.47. The number of carbonyl (C=O) groups is 1. The van der Waals surface area contributed by atoms with E-state index in [1.165, 1.54) is 13.2 Å². The van der Waals surface area contributed by atoms with Crippen molar-refractivity contribution >= 4 is 23.3 Å². The summed E-state index contributed by atoms with van der Waals surface area (Å²) >= 11 is 6.31. The molecule has 0 amide bonds. The smallest absolute Gasteiger partial charge is 0.339 e. The summed E-state index contributed by atoms with van der Waals surface area (Å²) in [7, 11) is 1.49. The molecule has 0 spiro atoms. The van der Waals surface area contributed by atoms with E-state index in [2.05, 4.69) is 19.2 Å². The molecule has 0 saturated carbocycles. The van der Waals surface area contributed by atoms with Crippen LogP contribution in [0, 0.1) is 0 Å². The molecule has 2 unspecified atom stereocenters. The lowest BCUT2D eigenvalue weighted by Gasteiger charge is -2.42. The Labute approximate surface area is 154 Å². The Morgan fingerprint density at radius 3 is 2.76 bits per heavy atom. The van der Waals surface area contributed by atoms with Crippen LogP contribution in [0.3, 0.4) is 0 Å². The van der Waals surface area contributed by atoms with Crippen molar-refractivity contribution in [3.63, 3.8) is 0 Å². The van der Waals surface area contributed by atoms with Crippen LogP contribution in [0.5, 0.6) is 5.75 Å². The van der Waals surface area contributed by atoms with Crippen LogP contribution in [-0.4, -0.2) is 30.8 Å². The van der Waals surface area contributed by atoms with Gasteiger partial charge in [0.05, 0.1) is 17.8 Å². The fourth-order valence-corrected chi connectivity index (χ4v) is 4.20. The van der Waals surface area contributed by atoms with Crippen LogP contribution in [0.1, 0.15) is 68.3 Å². The van der Waals surface area contributed by atoms with E-state index in [0.29, 0.717) is 11.4 Å². The van der Waals surface area contributed by atoms with Gasteiger partial charge in [0.25, 0.3) is 0 Å². The molecule has 6 heteroatoms. The van der Waals surface area contributed by atoms with Crippen LogP contribution in [0.4, 0.5) is 5.69 Å². The minimum atomic E-state index is -1.06. The van der Waals surface area contributed by atoms with Gasteiger partial charge in [0.2, 0.25) is 0 Å². The number of nitrogens with two attached hydrogens (primary N) is 1. The molecular formula is C19H29ClN2O3. The molecule has 5 nitrogen and oxygen atoms in total. The number of hydrogen-bond donors (Lipinski definition) is 3. The molecule has 0 bridgehead atoms. The van der Waals surface area contributed by atoms with Gasteiger partial charge in [-0.3, -0.25) is 0 Å². The van der Waals surface area contributed by atoms with Crippen molar-refractivity contribution in [3.8, 4) is 5.75 Å². The predicted octanol–water partition coefficient (Wildman–Crippen LogP) is 4.22. The van der Waals surface area contributed by atoms with Crippen LogP contribution in [-0.2, 0) is 5.41 Å². The summed E-state index contributed by atoms with van der Waals surface area (Å²) in [6.07, 6.45) is 6.29. The first-order valence-corrected chi connectivity index (χ1v) is 9.37. The second-order valence-electron chi connectivity index (χ2n) is 7.06. The SMILES string of the molecule is CCCCC(C)(c1c(N)c(Cl)cc(C(=O)O)c1OC)C1CCCCN1. The number of anilines is 1. The Balaban J connectivity index is 2.68. The number of methoxy groups -OCH3 is 1. The fraction of sp³-hybridized carbons (Fsp3) is 0.632. The molecule has 140 valence electrons. The molecule has 4 N–H and O–H groups in total. The largest absolute Gasteiger partial charge is 0.495 e. The van der Waals surface area contributed by atoms with E-state index >= 15 is 0 Å². The molecule has 2 rings (SSSR count). The topological polar surface area (TPSA) is 84.6 Å². The monoisotopic (exact) mass is 368 g/mol. The lowest BCUT2D eigenvalue weighted by atomic mass is 9.68. The number of halogens is 1. The number of piperidine rings is 1. The van der Waals surface area contributed by atoms with Crippen LogP contribution < -0.4 is 15.8 Å². The van der Waals surface area contributed by atoms with Crippen molar-refractivity contribution in [2.45, 2.75) is 63.8 Å². The Kier molecular flexibility index (Phi) is 6.58. The van der Waals surface area contributed by atoms with Gasteiger partial charge in [0, 0.05) is 17.0 Å². The Morgan fingerprint density at radius 2 is 2.24 bits per heavy atom. The maximum Gasteiger partial charge on any atom is 0.339 e. The minimum Gasteiger partial charge on any atom is -0.495 e. The molecule has 1 aromatic rings. The Morgan fingerprint density at radius 1 is 1.52 bits per heavy atom. The highest BCUT2D eigenvalue weighted by Gasteiger charge is 2.41. The molecule has 1 aromatic carbocycles. The third-order valence-corrected chi connectivity index (χ3v) is 5.72. The zero-order valence-electron chi connectivity index (χ0n) is 15.3. The quantitative estimate of drug-likeness (QED) is 0.627. The molecule has 1 heterocycles. The summed E-state index contributed by atoms with van der Waals surface area (Å²) in [5.74, 6) is -0.727. The molecule has 1 fully saturated rings. The molecule has 1 aliphatic rings. The number of unbranched alkanes of at least 4 members (excludes halogenated alkanes) is 1. The van der Waals surface area contributed by atoms with Crippen LogP contribution in [0.25, 0.3) is 0 Å². The number of aromatic carboxylic acids is 1. The number of ether oxygens (including phenoxy) is 1. The first-order valence-electron chi connectivity index (χ1n) is 8.99. The molecule has 1 saturated heterocycles. The minimum absolute atomic E-state index is 0.0650. The average molecular weight is 369 g/mol. The van der Waals surface area contributed by atoms with Gasteiger partial charge in [-0.05, 0) is 31.9 Å². The van der Waals surface area contributed by atoms with Crippen LogP contribution in [0.2, 0.25) is 5.02 Å². The standard InChI is InChI=1S/C19H29ClN2O3/c1-4-5-9-19(2,14-8-6-7-10-22-14)15-16(21)13(20)11-12(18(23)24)17(15)25-3/h11,14,22H,4-10,21H2,1-3H3,(H,23,24). The fourth-order valence-electron chi connectivity index (χ4n) is 4.00. The number of benzene rings is 1. The van der Waals surface area contributed by atoms with Gasteiger partial charge in [-0.25, -0.2) is 4.79 Å². The Hall–Kier alpha value is -1.46. The zero-order valence-corrected chi connectivity index (χ0v) is 16.1.